The number of carbonyl (C=O) groups excluding carboxylic acids is 1. The van der Waals surface area contributed by atoms with Crippen LogP contribution in [0.15, 0.2) is 0 Å². The highest BCUT2D eigenvalue weighted by atomic mass is 35.5. The number of ether oxygens (including phenoxy) is 2. The Balaban J connectivity index is 4.55. The number of unbranched alkanes of at least 4 members (excludes halogenated alkanes) is 3. The van der Waals surface area contributed by atoms with Crippen molar-refractivity contribution in [3.05, 3.63) is 0 Å². The molecule has 6 nitrogen and oxygen atoms in total. The van der Waals surface area contributed by atoms with E-state index in [4.69, 9.17) is 21.1 Å². The third-order valence-corrected chi connectivity index (χ3v) is 4.37. The molecule has 0 aliphatic rings. The van der Waals surface area contributed by atoms with Crippen LogP contribution in [0.4, 0.5) is 4.79 Å². The smallest absolute Gasteiger partial charge is 0.411 e. The average molecular weight is 358 g/mol. The van der Waals surface area contributed by atoms with E-state index < -0.39 is 22.0 Å². The van der Waals surface area contributed by atoms with E-state index in [0.717, 1.165) is 31.9 Å². The molecule has 8 heteroatoms. The van der Waals surface area contributed by atoms with E-state index in [9.17, 15) is 13.2 Å². The van der Waals surface area contributed by atoms with Crippen molar-refractivity contribution >= 4 is 27.5 Å². The van der Waals surface area contributed by atoms with Crippen molar-refractivity contribution in [3.8, 4) is 0 Å². The van der Waals surface area contributed by atoms with Crippen LogP contribution in [0.5, 0.6) is 0 Å². The minimum atomic E-state index is -3.21. The van der Waals surface area contributed by atoms with Gasteiger partial charge >= 0.3 is 6.09 Å². The van der Waals surface area contributed by atoms with Crippen molar-refractivity contribution in [1.82, 2.24) is 4.90 Å². The number of amides is 1. The topological polar surface area (TPSA) is 72.9 Å². The fourth-order valence-electron chi connectivity index (χ4n) is 1.93. The molecular formula is C14H28ClNO5S. The minimum Gasteiger partial charge on any atom is -0.445 e. The van der Waals surface area contributed by atoms with Gasteiger partial charge in [0.1, 0.15) is 6.10 Å². The van der Waals surface area contributed by atoms with Crippen LogP contribution in [0.2, 0.25) is 0 Å². The van der Waals surface area contributed by atoms with E-state index in [2.05, 4.69) is 6.92 Å². The first kappa shape index (κ1) is 21.5. The SMILES string of the molecule is CCCCCCC(CS(C)(=O)=O)OC(=O)N(CCl)CCOC. The minimum absolute atomic E-state index is 0.0242. The molecule has 0 aliphatic heterocycles. The van der Waals surface area contributed by atoms with Crippen molar-refractivity contribution in [2.24, 2.45) is 0 Å². The standard InChI is InChI=1S/C14H28ClNO5S/c1-4-5-6-7-8-13(11-22(3,18)19)21-14(17)16(12-15)9-10-20-2/h13H,4-12H2,1-3H3. The quantitative estimate of drug-likeness (QED) is 0.305. The van der Waals surface area contributed by atoms with Gasteiger partial charge in [0.05, 0.1) is 18.4 Å². The van der Waals surface area contributed by atoms with Crippen LogP contribution in [0.3, 0.4) is 0 Å². The molecule has 1 unspecified atom stereocenters. The Kier molecular flexibility index (Phi) is 11.7. The fourth-order valence-corrected chi connectivity index (χ4v) is 3.06. The number of halogens is 1. The molecule has 0 heterocycles. The summed E-state index contributed by atoms with van der Waals surface area (Å²) in [4.78, 5) is 13.3. The summed E-state index contributed by atoms with van der Waals surface area (Å²) in [7, 11) is -1.69. The fraction of sp³-hybridized carbons (Fsp3) is 0.929. The number of rotatable bonds is 12. The van der Waals surface area contributed by atoms with Crippen molar-refractivity contribution in [2.75, 3.05) is 38.3 Å². The van der Waals surface area contributed by atoms with E-state index in [-0.39, 0.29) is 11.8 Å². The molecular weight excluding hydrogens is 330 g/mol. The maximum Gasteiger partial charge on any atom is 0.411 e. The van der Waals surface area contributed by atoms with Crippen LogP contribution < -0.4 is 0 Å². The van der Waals surface area contributed by atoms with Crippen LogP contribution in [0.25, 0.3) is 0 Å². The second-order valence-corrected chi connectivity index (χ2v) is 7.75. The highest BCUT2D eigenvalue weighted by Gasteiger charge is 2.22. The Bertz CT molecular complexity index is 402. The molecule has 0 saturated heterocycles. The number of hydrogen-bond donors (Lipinski definition) is 0. The largest absolute Gasteiger partial charge is 0.445 e. The van der Waals surface area contributed by atoms with Crippen molar-refractivity contribution in [3.63, 3.8) is 0 Å². The first-order valence-electron chi connectivity index (χ1n) is 7.52. The van der Waals surface area contributed by atoms with Gasteiger partial charge in [-0.25, -0.2) is 13.2 Å². The molecule has 0 aliphatic carbocycles. The summed E-state index contributed by atoms with van der Waals surface area (Å²) in [6.45, 7) is 2.75. The normalized spacial score (nSPS) is 12.9. The van der Waals surface area contributed by atoms with E-state index in [1.54, 1.807) is 0 Å². The van der Waals surface area contributed by atoms with Gasteiger partial charge in [-0.1, -0.05) is 26.2 Å². The molecule has 0 aromatic rings. The first-order valence-corrected chi connectivity index (χ1v) is 10.1. The molecule has 0 spiro atoms. The average Bonchev–Trinajstić information content (AvgIpc) is 2.42. The second kappa shape index (κ2) is 12.0. The number of sulfone groups is 1. The summed E-state index contributed by atoms with van der Waals surface area (Å²) in [5.74, 6) is -0.161. The number of nitrogens with zero attached hydrogens (tertiary/aromatic N) is 1. The van der Waals surface area contributed by atoms with E-state index in [0.29, 0.717) is 19.6 Å². The number of carbonyl (C=O) groups is 1. The summed E-state index contributed by atoms with van der Waals surface area (Å²) in [5.41, 5.74) is 0. The number of alkyl halides is 1. The van der Waals surface area contributed by atoms with Crippen LogP contribution in [-0.4, -0.2) is 63.8 Å². The van der Waals surface area contributed by atoms with Crippen LogP contribution in [0.1, 0.15) is 39.0 Å². The highest BCUT2D eigenvalue weighted by molar-refractivity contribution is 7.90. The zero-order valence-electron chi connectivity index (χ0n) is 13.7. The molecule has 0 rings (SSSR count). The van der Waals surface area contributed by atoms with E-state index in [1.165, 1.54) is 12.0 Å². The molecule has 0 bridgehead atoms. The van der Waals surface area contributed by atoms with Gasteiger partial charge in [-0.3, -0.25) is 4.90 Å². The lowest BCUT2D eigenvalue weighted by Gasteiger charge is -2.23. The Morgan fingerprint density at radius 1 is 1.27 bits per heavy atom. The molecule has 0 N–H and O–H groups in total. The molecule has 1 atom stereocenters. The second-order valence-electron chi connectivity index (χ2n) is 5.32. The summed E-state index contributed by atoms with van der Waals surface area (Å²) >= 11 is 5.71. The zero-order valence-corrected chi connectivity index (χ0v) is 15.3. The Labute approximate surface area is 139 Å². The summed E-state index contributed by atoms with van der Waals surface area (Å²) in [5, 5.41) is 0. The van der Waals surface area contributed by atoms with Crippen LogP contribution in [0, 0.1) is 0 Å². The van der Waals surface area contributed by atoms with Crippen molar-refractivity contribution < 1.29 is 22.7 Å². The molecule has 0 fully saturated rings. The van der Waals surface area contributed by atoms with Gasteiger partial charge in [0.2, 0.25) is 0 Å². The lowest BCUT2D eigenvalue weighted by atomic mass is 10.1. The number of hydrogen-bond acceptors (Lipinski definition) is 5. The van der Waals surface area contributed by atoms with Gasteiger partial charge in [-0.2, -0.15) is 0 Å². The summed E-state index contributed by atoms with van der Waals surface area (Å²) in [6.07, 6.45) is 4.46. The summed E-state index contributed by atoms with van der Waals surface area (Å²) < 4.78 is 33.2. The molecule has 0 radical (unpaired) electrons. The van der Waals surface area contributed by atoms with Crippen LogP contribution in [-0.2, 0) is 19.3 Å². The van der Waals surface area contributed by atoms with Gasteiger partial charge in [0.25, 0.3) is 0 Å². The molecule has 0 saturated carbocycles. The van der Waals surface area contributed by atoms with Gasteiger partial charge < -0.3 is 9.47 Å². The predicted molar refractivity (Wildman–Crippen MR) is 88.0 cm³/mol. The van der Waals surface area contributed by atoms with E-state index in [1.807, 2.05) is 0 Å². The first-order chi connectivity index (χ1) is 10.3. The molecule has 1 amide bonds. The lowest BCUT2D eigenvalue weighted by molar-refractivity contribution is 0.0632. The Morgan fingerprint density at radius 2 is 1.95 bits per heavy atom. The van der Waals surface area contributed by atoms with Gasteiger partial charge in [-0.05, 0) is 12.8 Å². The third-order valence-electron chi connectivity index (χ3n) is 3.10. The van der Waals surface area contributed by atoms with Gasteiger partial charge in [0, 0.05) is 19.9 Å². The Morgan fingerprint density at radius 3 is 2.45 bits per heavy atom. The van der Waals surface area contributed by atoms with E-state index >= 15 is 0 Å². The van der Waals surface area contributed by atoms with Gasteiger partial charge in [-0.15, -0.1) is 11.6 Å². The molecule has 132 valence electrons. The molecule has 0 aromatic heterocycles. The van der Waals surface area contributed by atoms with Crippen molar-refractivity contribution in [2.45, 2.75) is 45.1 Å². The van der Waals surface area contributed by atoms with Crippen LogP contribution >= 0.6 is 11.6 Å². The monoisotopic (exact) mass is 357 g/mol. The molecule has 22 heavy (non-hydrogen) atoms. The maximum atomic E-state index is 12.0. The predicted octanol–water partition coefficient (Wildman–Crippen LogP) is 2.65. The lowest BCUT2D eigenvalue weighted by Crippen LogP contribution is -2.37. The van der Waals surface area contributed by atoms with Gasteiger partial charge in [0.15, 0.2) is 9.84 Å². The zero-order chi connectivity index (χ0) is 17.0. The third kappa shape index (κ3) is 11.1. The Hall–Kier alpha value is -0.530. The highest BCUT2D eigenvalue weighted by Crippen LogP contribution is 2.12. The summed E-state index contributed by atoms with van der Waals surface area (Å²) in [6, 6.07) is -0.0242. The van der Waals surface area contributed by atoms with Crippen molar-refractivity contribution in [1.29, 1.82) is 0 Å². The number of methoxy groups -OCH3 is 1. The molecule has 0 aromatic carbocycles. The maximum absolute atomic E-state index is 12.0.